The molecule has 1 fully saturated rings. The second kappa shape index (κ2) is 8.48. The summed E-state index contributed by atoms with van der Waals surface area (Å²) < 4.78 is 0. The summed E-state index contributed by atoms with van der Waals surface area (Å²) in [6.45, 7) is 5.06. The number of anilines is 1. The number of thiazole rings is 1. The van der Waals surface area contributed by atoms with Crippen molar-refractivity contribution < 1.29 is 0 Å². The van der Waals surface area contributed by atoms with E-state index >= 15 is 0 Å². The summed E-state index contributed by atoms with van der Waals surface area (Å²) in [5.74, 6) is 0.871. The average Bonchev–Trinajstić information content (AvgIpc) is 3.30. The molecule has 0 radical (unpaired) electrons. The number of nitrogens with zero attached hydrogens (tertiary/aromatic N) is 3. The molecule has 0 bridgehead atoms. The molecule has 0 saturated carbocycles. The van der Waals surface area contributed by atoms with Crippen LogP contribution in [0.4, 0.5) is 5.00 Å². The van der Waals surface area contributed by atoms with Gasteiger partial charge in [-0.1, -0.05) is 6.92 Å². The lowest BCUT2D eigenvalue weighted by molar-refractivity contribution is 0.462. The quantitative estimate of drug-likeness (QED) is 0.633. The van der Waals surface area contributed by atoms with Gasteiger partial charge in [-0.15, -0.1) is 22.7 Å². The van der Waals surface area contributed by atoms with Crippen LogP contribution in [-0.4, -0.2) is 37.1 Å². The van der Waals surface area contributed by atoms with Gasteiger partial charge in [0.1, 0.15) is 0 Å². The van der Waals surface area contributed by atoms with Crippen molar-refractivity contribution in [2.75, 3.05) is 25.0 Å². The standard InChI is InChI=1S/C17H25N5S2/c1-3-15-20-14(12-24-15)11-19-17(18-2)21-13-6-8-22(9-7-13)16-5-4-10-23-16/h4-5,10,12-13H,3,6-9,11H2,1-2H3,(H2,18,19,21). The number of aliphatic imine (C=N–C) groups is 1. The van der Waals surface area contributed by atoms with Crippen LogP contribution in [0, 0.1) is 0 Å². The molecule has 3 heterocycles. The summed E-state index contributed by atoms with van der Waals surface area (Å²) in [6.07, 6.45) is 3.27. The third kappa shape index (κ3) is 4.48. The zero-order valence-corrected chi connectivity index (χ0v) is 15.9. The van der Waals surface area contributed by atoms with Gasteiger partial charge >= 0.3 is 0 Å². The molecule has 3 rings (SSSR count). The van der Waals surface area contributed by atoms with Gasteiger partial charge in [-0.25, -0.2) is 4.98 Å². The number of guanidine groups is 1. The van der Waals surface area contributed by atoms with Gasteiger partial charge in [0.05, 0.1) is 22.2 Å². The molecule has 2 aromatic rings. The lowest BCUT2D eigenvalue weighted by atomic mass is 10.1. The van der Waals surface area contributed by atoms with Gasteiger partial charge in [0.15, 0.2) is 5.96 Å². The van der Waals surface area contributed by atoms with Crippen molar-refractivity contribution in [2.24, 2.45) is 4.99 Å². The molecular weight excluding hydrogens is 338 g/mol. The van der Waals surface area contributed by atoms with Crippen LogP contribution >= 0.6 is 22.7 Å². The lowest BCUT2D eigenvalue weighted by Crippen LogP contribution is -2.48. The number of piperidine rings is 1. The van der Waals surface area contributed by atoms with Crippen molar-refractivity contribution in [3.05, 3.63) is 33.6 Å². The fourth-order valence-electron chi connectivity index (χ4n) is 2.85. The van der Waals surface area contributed by atoms with Crippen molar-refractivity contribution >= 4 is 33.6 Å². The largest absolute Gasteiger partial charge is 0.363 e. The molecule has 0 spiro atoms. The number of hydrogen-bond acceptors (Lipinski definition) is 5. The predicted octanol–water partition coefficient (Wildman–Crippen LogP) is 3.10. The molecule has 1 aliphatic rings. The summed E-state index contributed by atoms with van der Waals surface area (Å²) in [5, 5.41) is 13.8. The van der Waals surface area contributed by atoms with Crippen LogP contribution in [0.25, 0.3) is 0 Å². The highest BCUT2D eigenvalue weighted by atomic mass is 32.1. The van der Waals surface area contributed by atoms with Gasteiger partial charge in [0, 0.05) is 31.6 Å². The molecule has 130 valence electrons. The van der Waals surface area contributed by atoms with E-state index in [1.165, 1.54) is 10.0 Å². The molecule has 2 N–H and O–H groups in total. The van der Waals surface area contributed by atoms with E-state index in [0.717, 1.165) is 50.6 Å². The Hall–Kier alpha value is -1.60. The summed E-state index contributed by atoms with van der Waals surface area (Å²) >= 11 is 3.55. The van der Waals surface area contributed by atoms with E-state index in [4.69, 9.17) is 0 Å². The first kappa shape index (κ1) is 17.2. The van der Waals surface area contributed by atoms with Gasteiger partial charge in [0.2, 0.25) is 0 Å². The zero-order chi connectivity index (χ0) is 16.8. The highest BCUT2D eigenvalue weighted by molar-refractivity contribution is 7.14. The SMILES string of the molecule is CCc1nc(CNC(=NC)NC2CCN(c3cccs3)CC2)cs1. The predicted molar refractivity (Wildman–Crippen MR) is 104 cm³/mol. The topological polar surface area (TPSA) is 52.6 Å². The molecule has 1 aliphatic heterocycles. The summed E-state index contributed by atoms with van der Waals surface area (Å²) in [6, 6.07) is 4.81. The second-order valence-electron chi connectivity index (χ2n) is 5.87. The van der Waals surface area contributed by atoms with E-state index in [2.05, 4.69) is 55.3 Å². The molecular formula is C17H25N5S2. The van der Waals surface area contributed by atoms with Gasteiger partial charge in [-0.05, 0) is 36.8 Å². The lowest BCUT2D eigenvalue weighted by Gasteiger charge is -2.33. The van der Waals surface area contributed by atoms with Gasteiger partial charge in [0.25, 0.3) is 0 Å². The van der Waals surface area contributed by atoms with Crippen molar-refractivity contribution in [3.8, 4) is 0 Å². The van der Waals surface area contributed by atoms with Crippen molar-refractivity contribution in [1.82, 2.24) is 15.6 Å². The normalized spacial score (nSPS) is 16.4. The Morgan fingerprint density at radius 2 is 2.21 bits per heavy atom. The smallest absolute Gasteiger partial charge is 0.191 e. The van der Waals surface area contributed by atoms with Crippen molar-refractivity contribution in [2.45, 2.75) is 38.8 Å². The van der Waals surface area contributed by atoms with Gasteiger partial charge in [-0.3, -0.25) is 4.99 Å². The Morgan fingerprint density at radius 3 is 2.83 bits per heavy atom. The molecule has 0 aliphatic carbocycles. The molecule has 0 atom stereocenters. The van der Waals surface area contributed by atoms with E-state index in [-0.39, 0.29) is 0 Å². The van der Waals surface area contributed by atoms with E-state index in [0.29, 0.717) is 6.04 Å². The van der Waals surface area contributed by atoms with Crippen molar-refractivity contribution in [1.29, 1.82) is 0 Å². The summed E-state index contributed by atoms with van der Waals surface area (Å²) in [4.78, 5) is 11.4. The molecule has 0 unspecified atom stereocenters. The highest BCUT2D eigenvalue weighted by Crippen LogP contribution is 2.24. The molecule has 24 heavy (non-hydrogen) atoms. The maximum atomic E-state index is 4.59. The van der Waals surface area contributed by atoms with E-state index in [9.17, 15) is 0 Å². The summed E-state index contributed by atoms with van der Waals surface area (Å²) in [5.41, 5.74) is 1.09. The molecule has 2 aromatic heterocycles. The van der Waals surface area contributed by atoms with Crippen LogP contribution in [-0.2, 0) is 13.0 Å². The molecule has 5 nitrogen and oxygen atoms in total. The van der Waals surface area contributed by atoms with Crippen LogP contribution in [0.1, 0.15) is 30.5 Å². The van der Waals surface area contributed by atoms with Gasteiger partial charge in [-0.2, -0.15) is 0 Å². The molecule has 7 heteroatoms. The second-order valence-corrected chi connectivity index (χ2v) is 7.74. The summed E-state index contributed by atoms with van der Waals surface area (Å²) in [7, 11) is 1.83. The Morgan fingerprint density at radius 1 is 1.38 bits per heavy atom. The van der Waals surface area contributed by atoms with E-state index in [1.54, 1.807) is 11.3 Å². The third-order valence-corrected chi connectivity index (χ3v) is 6.19. The third-order valence-electron chi connectivity index (χ3n) is 4.22. The number of aryl methyl sites for hydroxylation is 1. The Kier molecular flexibility index (Phi) is 6.09. The van der Waals surface area contributed by atoms with E-state index in [1.807, 2.05) is 18.4 Å². The molecule has 0 aromatic carbocycles. The number of nitrogens with one attached hydrogen (secondary N) is 2. The fourth-order valence-corrected chi connectivity index (χ4v) is 4.38. The Balaban J connectivity index is 1.44. The number of aromatic nitrogens is 1. The van der Waals surface area contributed by atoms with E-state index < -0.39 is 0 Å². The van der Waals surface area contributed by atoms with Crippen LogP contribution < -0.4 is 15.5 Å². The highest BCUT2D eigenvalue weighted by Gasteiger charge is 2.20. The van der Waals surface area contributed by atoms with Crippen LogP contribution in [0.15, 0.2) is 27.9 Å². The fraction of sp³-hybridized carbons (Fsp3) is 0.529. The van der Waals surface area contributed by atoms with Crippen LogP contribution in [0.3, 0.4) is 0 Å². The maximum absolute atomic E-state index is 4.59. The first-order valence-corrected chi connectivity index (χ1v) is 10.2. The molecule has 0 amide bonds. The monoisotopic (exact) mass is 363 g/mol. The zero-order valence-electron chi connectivity index (χ0n) is 14.3. The first-order valence-electron chi connectivity index (χ1n) is 8.47. The van der Waals surface area contributed by atoms with Crippen molar-refractivity contribution in [3.63, 3.8) is 0 Å². The Labute approximate surface area is 151 Å². The number of hydrogen-bond donors (Lipinski definition) is 2. The maximum Gasteiger partial charge on any atom is 0.191 e. The van der Waals surface area contributed by atoms with Crippen LogP contribution in [0.5, 0.6) is 0 Å². The number of rotatable bonds is 5. The molecule has 1 saturated heterocycles. The Bertz CT molecular complexity index is 642. The van der Waals surface area contributed by atoms with Crippen LogP contribution in [0.2, 0.25) is 0 Å². The minimum absolute atomic E-state index is 0.481. The minimum Gasteiger partial charge on any atom is -0.363 e. The average molecular weight is 364 g/mol. The number of thiophene rings is 1. The first-order chi connectivity index (χ1) is 11.8. The minimum atomic E-state index is 0.481. The van der Waals surface area contributed by atoms with Gasteiger partial charge < -0.3 is 15.5 Å².